The number of nitrogens with one attached hydrogen (secondary N) is 1. The minimum atomic E-state index is 0.671. The SMILES string of the molecule is Brc1cc(CNc2ccccc2I)oc1Br. The predicted octanol–water partition coefficient (Wildman–Crippen LogP) is 5.02. The summed E-state index contributed by atoms with van der Waals surface area (Å²) in [5.41, 5.74) is 1.12. The fourth-order valence-electron chi connectivity index (χ4n) is 1.27. The number of hydrogen-bond acceptors (Lipinski definition) is 2. The normalized spacial score (nSPS) is 10.4. The molecule has 0 spiro atoms. The van der Waals surface area contributed by atoms with Gasteiger partial charge in [-0.2, -0.15) is 0 Å². The average Bonchev–Trinajstić information content (AvgIpc) is 2.57. The molecule has 2 rings (SSSR count). The minimum Gasteiger partial charge on any atom is -0.451 e. The summed E-state index contributed by atoms with van der Waals surface area (Å²) in [5.74, 6) is 0.887. The van der Waals surface area contributed by atoms with Gasteiger partial charge < -0.3 is 9.73 Å². The number of benzene rings is 1. The van der Waals surface area contributed by atoms with Crippen molar-refractivity contribution in [2.75, 3.05) is 5.32 Å². The fourth-order valence-corrected chi connectivity index (χ4v) is 2.50. The number of rotatable bonds is 3. The third-order valence-corrected chi connectivity index (χ3v) is 4.67. The van der Waals surface area contributed by atoms with Crippen LogP contribution in [0.4, 0.5) is 5.69 Å². The van der Waals surface area contributed by atoms with Crippen molar-refractivity contribution < 1.29 is 4.42 Å². The summed E-state index contributed by atoms with van der Waals surface area (Å²) in [4.78, 5) is 0. The lowest BCUT2D eigenvalue weighted by molar-refractivity contribution is 0.494. The highest BCUT2D eigenvalue weighted by atomic mass is 127. The predicted molar refractivity (Wildman–Crippen MR) is 80.6 cm³/mol. The topological polar surface area (TPSA) is 25.2 Å². The first-order valence-electron chi connectivity index (χ1n) is 4.59. The number of furan rings is 1. The molecule has 2 nitrogen and oxygen atoms in total. The first-order valence-corrected chi connectivity index (χ1v) is 7.25. The maximum atomic E-state index is 5.48. The third-order valence-electron chi connectivity index (χ3n) is 2.02. The highest BCUT2D eigenvalue weighted by molar-refractivity contribution is 14.1. The fraction of sp³-hybridized carbons (Fsp3) is 0.0909. The molecule has 1 N–H and O–H groups in total. The molecule has 1 aromatic carbocycles. The number of hydrogen-bond donors (Lipinski definition) is 1. The van der Waals surface area contributed by atoms with Crippen molar-refractivity contribution in [3.8, 4) is 0 Å². The molecular formula is C11H8Br2INO. The zero-order chi connectivity index (χ0) is 11.5. The highest BCUT2D eigenvalue weighted by Crippen LogP contribution is 2.27. The average molecular weight is 457 g/mol. The van der Waals surface area contributed by atoms with Gasteiger partial charge in [0.25, 0.3) is 0 Å². The van der Waals surface area contributed by atoms with Gasteiger partial charge >= 0.3 is 0 Å². The van der Waals surface area contributed by atoms with Gasteiger partial charge in [0.1, 0.15) is 5.76 Å². The van der Waals surface area contributed by atoms with Gasteiger partial charge in [0.2, 0.25) is 0 Å². The van der Waals surface area contributed by atoms with Crippen LogP contribution < -0.4 is 5.32 Å². The van der Waals surface area contributed by atoms with Crippen LogP contribution >= 0.6 is 54.5 Å². The summed E-state index contributed by atoms with van der Waals surface area (Å²) in [6.07, 6.45) is 0. The first kappa shape index (κ1) is 12.4. The van der Waals surface area contributed by atoms with Gasteiger partial charge in [-0.05, 0) is 72.6 Å². The van der Waals surface area contributed by atoms with Gasteiger partial charge in [-0.15, -0.1) is 0 Å². The van der Waals surface area contributed by atoms with Crippen molar-refractivity contribution in [2.45, 2.75) is 6.54 Å². The van der Waals surface area contributed by atoms with E-state index in [1.807, 2.05) is 18.2 Å². The first-order chi connectivity index (χ1) is 7.66. The van der Waals surface area contributed by atoms with Crippen molar-refractivity contribution in [3.63, 3.8) is 0 Å². The molecule has 16 heavy (non-hydrogen) atoms. The number of para-hydroxylation sites is 1. The van der Waals surface area contributed by atoms with Gasteiger partial charge in [0, 0.05) is 9.26 Å². The van der Waals surface area contributed by atoms with Crippen LogP contribution in [0.15, 0.2) is 43.9 Å². The Balaban J connectivity index is 2.05. The molecule has 0 aliphatic carbocycles. The Morgan fingerprint density at radius 3 is 2.62 bits per heavy atom. The molecule has 0 bridgehead atoms. The van der Waals surface area contributed by atoms with Crippen LogP contribution in [0, 0.1) is 3.57 Å². The van der Waals surface area contributed by atoms with E-state index in [2.05, 4.69) is 71.9 Å². The molecule has 1 aromatic heterocycles. The number of halogens is 3. The van der Waals surface area contributed by atoms with E-state index in [0.717, 1.165) is 20.6 Å². The Morgan fingerprint density at radius 1 is 1.25 bits per heavy atom. The van der Waals surface area contributed by atoms with E-state index in [0.29, 0.717) is 6.54 Å². The maximum absolute atomic E-state index is 5.48. The van der Waals surface area contributed by atoms with Crippen molar-refractivity contribution in [2.24, 2.45) is 0 Å². The molecule has 0 aliphatic heterocycles. The summed E-state index contributed by atoms with van der Waals surface area (Å²) in [7, 11) is 0. The number of anilines is 1. The van der Waals surface area contributed by atoms with Gasteiger partial charge in [0.15, 0.2) is 4.67 Å². The molecule has 2 aromatic rings. The largest absolute Gasteiger partial charge is 0.451 e. The Kier molecular flexibility index (Phi) is 4.32. The van der Waals surface area contributed by atoms with Gasteiger partial charge in [-0.25, -0.2) is 0 Å². The summed E-state index contributed by atoms with van der Waals surface area (Å²) >= 11 is 9.00. The Morgan fingerprint density at radius 2 is 2.00 bits per heavy atom. The van der Waals surface area contributed by atoms with E-state index in [-0.39, 0.29) is 0 Å². The molecule has 0 radical (unpaired) electrons. The van der Waals surface area contributed by atoms with Crippen LogP contribution in [0.25, 0.3) is 0 Å². The van der Waals surface area contributed by atoms with Gasteiger partial charge in [0.05, 0.1) is 11.0 Å². The second-order valence-electron chi connectivity index (χ2n) is 3.17. The molecular weight excluding hydrogens is 449 g/mol. The zero-order valence-corrected chi connectivity index (χ0v) is 13.5. The maximum Gasteiger partial charge on any atom is 0.183 e. The molecule has 5 heteroatoms. The van der Waals surface area contributed by atoms with E-state index in [4.69, 9.17) is 4.42 Å². The molecule has 0 aliphatic rings. The Bertz CT molecular complexity index is 479. The monoisotopic (exact) mass is 455 g/mol. The van der Waals surface area contributed by atoms with Crippen molar-refractivity contribution in [3.05, 3.63) is 48.8 Å². The van der Waals surface area contributed by atoms with Crippen LogP contribution in [-0.4, -0.2) is 0 Å². The molecule has 0 fully saturated rings. The molecule has 0 unspecified atom stereocenters. The van der Waals surface area contributed by atoms with E-state index < -0.39 is 0 Å². The summed E-state index contributed by atoms with van der Waals surface area (Å²) in [5, 5.41) is 3.33. The molecule has 0 amide bonds. The lowest BCUT2D eigenvalue weighted by atomic mass is 10.3. The lowest BCUT2D eigenvalue weighted by Gasteiger charge is -2.05. The van der Waals surface area contributed by atoms with Crippen LogP contribution in [-0.2, 0) is 6.54 Å². The second kappa shape index (κ2) is 5.55. The molecule has 0 saturated heterocycles. The summed E-state index contributed by atoms with van der Waals surface area (Å²) in [6, 6.07) is 10.1. The van der Waals surface area contributed by atoms with Crippen LogP contribution in [0.5, 0.6) is 0 Å². The van der Waals surface area contributed by atoms with Crippen LogP contribution in [0.2, 0.25) is 0 Å². The van der Waals surface area contributed by atoms with E-state index in [9.17, 15) is 0 Å². The quantitative estimate of drug-likeness (QED) is 0.656. The summed E-state index contributed by atoms with van der Waals surface area (Å²) < 4.78 is 8.35. The van der Waals surface area contributed by atoms with E-state index in [1.165, 1.54) is 3.57 Å². The van der Waals surface area contributed by atoms with Gasteiger partial charge in [-0.3, -0.25) is 0 Å². The highest BCUT2D eigenvalue weighted by Gasteiger charge is 2.06. The third kappa shape index (κ3) is 3.01. The van der Waals surface area contributed by atoms with Gasteiger partial charge in [-0.1, -0.05) is 12.1 Å². The molecule has 0 atom stereocenters. The Hall–Kier alpha value is -0.0100. The minimum absolute atomic E-state index is 0.671. The zero-order valence-electron chi connectivity index (χ0n) is 8.14. The van der Waals surface area contributed by atoms with Crippen molar-refractivity contribution >= 4 is 60.1 Å². The lowest BCUT2D eigenvalue weighted by Crippen LogP contribution is -1.99. The molecule has 1 heterocycles. The van der Waals surface area contributed by atoms with Crippen LogP contribution in [0.3, 0.4) is 0 Å². The Labute approximate surface area is 124 Å². The smallest absolute Gasteiger partial charge is 0.183 e. The van der Waals surface area contributed by atoms with E-state index in [1.54, 1.807) is 0 Å². The van der Waals surface area contributed by atoms with Crippen molar-refractivity contribution in [1.82, 2.24) is 0 Å². The van der Waals surface area contributed by atoms with Crippen molar-refractivity contribution in [1.29, 1.82) is 0 Å². The molecule has 84 valence electrons. The molecule has 0 saturated carbocycles. The standard InChI is InChI=1S/C11H8Br2INO/c12-8-5-7(16-11(8)13)6-15-10-4-2-1-3-9(10)14/h1-5,15H,6H2. The van der Waals surface area contributed by atoms with E-state index >= 15 is 0 Å². The van der Waals surface area contributed by atoms with Crippen LogP contribution in [0.1, 0.15) is 5.76 Å². The summed E-state index contributed by atoms with van der Waals surface area (Å²) in [6.45, 7) is 0.671. The second-order valence-corrected chi connectivity index (χ2v) is 5.90.